The average molecular weight is 329 g/mol. The summed E-state index contributed by atoms with van der Waals surface area (Å²) in [5.74, 6) is 2.53. The normalized spacial score (nSPS) is 22.2. The van der Waals surface area contributed by atoms with Crippen LogP contribution < -0.4 is 4.72 Å². The molecule has 2 atom stereocenters. The Morgan fingerprint density at radius 2 is 2.04 bits per heavy atom. The van der Waals surface area contributed by atoms with Crippen LogP contribution in [0.15, 0.2) is 48.6 Å². The Morgan fingerprint density at radius 1 is 1.35 bits per heavy atom. The van der Waals surface area contributed by atoms with Crippen LogP contribution in [0.4, 0.5) is 0 Å². The van der Waals surface area contributed by atoms with E-state index < -0.39 is 14.8 Å². The first-order chi connectivity index (χ1) is 10.9. The Balaban J connectivity index is 2.31. The zero-order valence-electron chi connectivity index (χ0n) is 13.6. The van der Waals surface area contributed by atoms with Crippen molar-refractivity contribution in [2.45, 2.75) is 43.9 Å². The summed E-state index contributed by atoms with van der Waals surface area (Å²) in [7, 11) is -3.55. The molecule has 2 rings (SSSR count). The fourth-order valence-corrected chi connectivity index (χ4v) is 4.32. The molecule has 23 heavy (non-hydrogen) atoms. The second kappa shape index (κ2) is 7.16. The quantitative estimate of drug-likeness (QED) is 0.812. The lowest BCUT2D eigenvalue weighted by atomic mass is 9.90. The van der Waals surface area contributed by atoms with Crippen molar-refractivity contribution < 1.29 is 8.42 Å². The molecule has 3 nitrogen and oxygen atoms in total. The molecule has 0 aliphatic heterocycles. The first-order valence-corrected chi connectivity index (χ1v) is 9.32. The molecular weight excluding hydrogens is 306 g/mol. The van der Waals surface area contributed by atoms with Gasteiger partial charge >= 0.3 is 0 Å². The number of benzene rings is 1. The number of sulfonamides is 1. The van der Waals surface area contributed by atoms with Crippen LogP contribution in [0.25, 0.3) is 5.57 Å². The summed E-state index contributed by atoms with van der Waals surface area (Å²) in [5.41, 5.74) is 2.10. The van der Waals surface area contributed by atoms with Gasteiger partial charge in [0.25, 0.3) is 0 Å². The van der Waals surface area contributed by atoms with Gasteiger partial charge in [-0.05, 0) is 30.9 Å². The summed E-state index contributed by atoms with van der Waals surface area (Å²) in [6, 6.07) is 9.80. The summed E-state index contributed by atoms with van der Waals surface area (Å²) >= 11 is 0. The van der Waals surface area contributed by atoms with Crippen molar-refractivity contribution in [1.29, 1.82) is 0 Å². The van der Waals surface area contributed by atoms with Crippen LogP contribution in [0.5, 0.6) is 0 Å². The molecule has 2 unspecified atom stereocenters. The maximum absolute atomic E-state index is 12.8. The van der Waals surface area contributed by atoms with Crippen molar-refractivity contribution in [3.63, 3.8) is 0 Å². The molecule has 0 fully saturated rings. The van der Waals surface area contributed by atoms with Gasteiger partial charge in [-0.25, -0.2) is 13.1 Å². The van der Waals surface area contributed by atoms with Crippen LogP contribution in [-0.2, 0) is 10.0 Å². The summed E-state index contributed by atoms with van der Waals surface area (Å²) in [4.78, 5) is 0. The third-order valence-electron chi connectivity index (χ3n) is 4.25. The van der Waals surface area contributed by atoms with Crippen LogP contribution >= 0.6 is 0 Å². The molecule has 0 saturated heterocycles. The Labute approximate surface area is 139 Å². The number of nitrogens with one attached hydrogen (secondary N) is 1. The van der Waals surface area contributed by atoms with Crippen molar-refractivity contribution in [3.05, 3.63) is 54.1 Å². The van der Waals surface area contributed by atoms with Gasteiger partial charge in [0, 0.05) is 12.5 Å². The van der Waals surface area contributed by atoms with Gasteiger partial charge in [0.2, 0.25) is 10.0 Å². The van der Waals surface area contributed by atoms with Crippen molar-refractivity contribution in [3.8, 4) is 12.3 Å². The number of hydrogen-bond donors (Lipinski definition) is 1. The smallest absolute Gasteiger partial charge is 0.212 e. The van der Waals surface area contributed by atoms with Gasteiger partial charge in [-0.2, -0.15) is 0 Å². The lowest BCUT2D eigenvalue weighted by Gasteiger charge is -2.31. The zero-order valence-corrected chi connectivity index (χ0v) is 14.4. The van der Waals surface area contributed by atoms with Crippen LogP contribution in [0.2, 0.25) is 0 Å². The van der Waals surface area contributed by atoms with Crippen LogP contribution in [0.1, 0.15) is 38.7 Å². The molecule has 1 aromatic rings. The summed E-state index contributed by atoms with van der Waals surface area (Å²) in [5, 5.41) is 0. The molecule has 0 bridgehead atoms. The van der Waals surface area contributed by atoms with Crippen molar-refractivity contribution >= 4 is 15.6 Å². The average Bonchev–Trinajstić information content (AvgIpc) is 2.56. The highest BCUT2D eigenvalue weighted by Gasteiger charge is 2.41. The van der Waals surface area contributed by atoms with E-state index in [4.69, 9.17) is 6.42 Å². The molecular formula is C19H23NO2S. The Kier molecular flexibility index (Phi) is 5.46. The minimum atomic E-state index is -3.55. The van der Waals surface area contributed by atoms with E-state index in [1.165, 1.54) is 0 Å². The molecule has 4 heteroatoms. The molecule has 0 aromatic heterocycles. The molecule has 0 heterocycles. The third kappa shape index (κ3) is 3.74. The molecule has 0 saturated carbocycles. The largest absolute Gasteiger partial charge is 0.222 e. The summed E-state index contributed by atoms with van der Waals surface area (Å²) < 4.78 is 27.3. The molecule has 0 amide bonds. The van der Waals surface area contributed by atoms with E-state index in [1.807, 2.05) is 56.3 Å². The van der Waals surface area contributed by atoms with Gasteiger partial charge in [-0.3, -0.25) is 0 Å². The number of allylic oxidation sites excluding steroid dienone is 3. The molecule has 122 valence electrons. The fourth-order valence-electron chi connectivity index (χ4n) is 2.57. The second-order valence-electron chi connectivity index (χ2n) is 5.94. The van der Waals surface area contributed by atoms with Crippen molar-refractivity contribution in [2.75, 3.05) is 0 Å². The highest BCUT2D eigenvalue weighted by Crippen LogP contribution is 2.34. The minimum absolute atomic E-state index is 0.109. The van der Waals surface area contributed by atoms with Gasteiger partial charge < -0.3 is 0 Å². The number of hydrogen-bond acceptors (Lipinski definition) is 2. The molecule has 0 spiro atoms. The summed E-state index contributed by atoms with van der Waals surface area (Å²) in [6.07, 6.45) is 12.3. The maximum atomic E-state index is 12.8. The molecule has 1 N–H and O–H groups in total. The first kappa shape index (κ1) is 17.5. The standard InChI is InChI=1S/C19H23NO2S/c1-4-13-19(23(21,22)20-16(3)5-2)14-11-18(12-15-19)17-9-7-6-8-10-17/h1,6-12,14,16,20H,5,13,15H2,2-3H3. The highest BCUT2D eigenvalue weighted by atomic mass is 32.2. The number of terminal acetylenes is 1. The molecule has 1 aliphatic rings. The van der Waals surface area contributed by atoms with Crippen LogP contribution in [0, 0.1) is 12.3 Å². The van der Waals surface area contributed by atoms with E-state index >= 15 is 0 Å². The first-order valence-electron chi connectivity index (χ1n) is 7.84. The van der Waals surface area contributed by atoms with Gasteiger partial charge in [0.1, 0.15) is 4.75 Å². The molecule has 0 radical (unpaired) electrons. The Bertz CT molecular complexity index is 741. The van der Waals surface area contributed by atoms with Crippen LogP contribution in [-0.4, -0.2) is 19.2 Å². The van der Waals surface area contributed by atoms with E-state index in [0.29, 0.717) is 6.42 Å². The highest BCUT2D eigenvalue weighted by molar-refractivity contribution is 7.91. The van der Waals surface area contributed by atoms with Gasteiger partial charge in [0.15, 0.2) is 0 Å². The zero-order chi connectivity index (χ0) is 16.9. The predicted octanol–water partition coefficient (Wildman–Crippen LogP) is 3.51. The lowest BCUT2D eigenvalue weighted by Crippen LogP contribution is -2.48. The van der Waals surface area contributed by atoms with Gasteiger partial charge in [-0.1, -0.05) is 55.5 Å². The van der Waals surface area contributed by atoms with Gasteiger partial charge in [-0.15, -0.1) is 12.3 Å². The fraction of sp³-hybridized carbons (Fsp3) is 0.368. The second-order valence-corrected chi connectivity index (χ2v) is 7.99. The molecule has 1 aliphatic carbocycles. The van der Waals surface area contributed by atoms with E-state index in [1.54, 1.807) is 6.08 Å². The van der Waals surface area contributed by atoms with E-state index in [-0.39, 0.29) is 12.5 Å². The maximum Gasteiger partial charge on any atom is 0.222 e. The lowest BCUT2D eigenvalue weighted by molar-refractivity contribution is 0.519. The van der Waals surface area contributed by atoms with Crippen LogP contribution in [0.3, 0.4) is 0 Å². The monoisotopic (exact) mass is 329 g/mol. The van der Waals surface area contributed by atoms with Gasteiger partial charge in [0.05, 0.1) is 0 Å². The molecule has 1 aromatic carbocycles. The van der Waals surface area contributed by atoms with Crippen molar-refractivity contribution in [2.24, 2.45) is 0 Å². The SMILES string of the molecule is C#CCC1(S(=O)(=O)NC(C)CC)C=CC(c2ccccc2)=CC1. The number of rotatable bonds is 6. The van der Waals surface area contributed by atoms with E-state index in [2.05, 4.69) is 10.6 Å². The van der Waals surface area contributed by atoms with E-state index in [0.717, 1.165) is 17.6 Å². The topological polar surface area (TPSA) is 46.2 Å². The third-order valence-corrected chi connectivity index (χ3v) is 6.48. The van der Waals surface area contributed by atoms with E-state index in [9.17, 15) is 8.42 Å². The minimum Gasteiger partial charge on any atom is -0.212 e. The Hall–Kier alpha value is -1.83. The Morgan fingerprint density at radius 3 is 2.57 bits per heavy atom. The summed E-state index contributed by atoms with van der Waals surface area (Å²) in [6.45, 7) is 3.81. The predicted molar refractivity (Wildman–Crippen MR) is 96.2 cm³/mol. The van der Waals surface area contributed by atoms with Crippen molar-refractivity contribution in [1.82, 2.24) is 4.72 Å².